The van der Waals surface area contributed by atoms with E-state index < -0.39 is 5.72 Å². The summed E-state index contributed by atoms with van der Waals surface area (Å²) >= 11 is 0. The summed E-state index contributed by atoms with van der Waals surface area (Å²) in [5.74, 6) is 0. The zero-order valence-electron chi connectivity index (χ0n) is 7.73. The Morgan fingerprint density at radius 3 is 2.31 bits per heavy atom. The Bertz CT molecular complexity index is 236. The average Bonchev–Trinajstić information content (AvgIpc) is 2.06. The number of hydrogen-bond donors (Lipinski definition) is 2. The molecule has 0 aliphatic rings. The first-order chi connectivity index (χ1) is 5.67. The van der Waals surface area contributed by atoms with Gasteiger partial charge < -0.3 is 5.11 Å². The molecule has 0 amide bonds. The second kappa shape index (κ2) is 5.22. The molecule has 1 aromatic carbocycles. The minimum Gasteiger partial charge on any atom is -0.372 e. The number of rotatable bonds is 3. The molecular weight excluding hydrogens is 186 g/mol. The van der Waals surface area contributed by atoms with Crippen molar-refractivity contribution >= 4 is 12.4 Å². The molecule has 0 saturated carbocycles. The Kier molecular flexibility index (Phi) is 4.99. The van der Waals surface area contributed by atoms with Crippen LogP contribution in [-0.4, -0.2) is 5.11 Å². The van der Waals surface area contributed by atoms with Gasteiger partial charge in [-0.1, -0.05) is 43.7 Å². The third kappa shape index (κ3) is 3.35. The van der Waals surface area contributed by atoms with Crippen molar-refractivity contribution in [2.45, 2.75) is 25.5 Å². The highest BCUT2D eigenvalue weighted by Crippen LogP contribution is 2.19. The molecular formula is C10H16ClNO. The normalized spacial score (nSPS) is 14.4. The van der Waals surface area contributed by atoms with Crippen molar-refractivity contribution in [2.24, 2.45) is 5.73 Å². The van der Waals surface area contributed by atoms with Gasteiger partial charge in [0.25, 0.3) is 0 Å². The van der Waals surface area contributed by atoms with E-state index in [1.54, 1.807) is 0 Å². The van der Waals surface area contributed by atoms with E-state index >= 15 is 0 Å². The number of benzene rings is 1. The summed E-state index contributed by atoms with van der Waals surface area (Å²) in [5.41, 5.74) is 5.33. The van der Waals surface area contributed by atoms with Gasteiger partial charge in [0.15, 0.2) is 0 Å². The maximum atomic E-state index is 9.76. The lowest BCUT2D eigenvalue weighted by Crippen LogP contribution is -2.35. The second-order valence-corrected chi connectivity index (χ2v) is 3.04. The molecule has 74 valence electrons. The third-order valence-corrected chi connectivity index (χ3v) is 1.90. The van der Waals surface area contributed by atoms with Crippen LogP contribution in [0.1, 0.15) is 25.3 Å². The first-order valence-electron chi connectivity index (χ1n) is 4.23. The van der Waals surface area contributed by atoms with Crippen LogP contribution in [0.4, 0.5) is 0 Å². The van der Waals surface area contributed by atoms with Gasteiger partial charge in [0.1, 0.15) is 5.72 Å². The fraction of sp³-hybridized carbons (Fsp3) is 0.400. The van der Waals surface area contributed by atoms with Gasteiger partial charge in [-0.3, -0.25) is 5.73 Å². The number of hydrogen-bond acceptors (Lipinski definition) is 2. The topological polar surface area (TPSA) is 46.2 Å². The van der Waals surface area contributed by atoms with Crippen LogP contribution in [0.15, 0.2) is 30.3 Å². The van der Waals surface area contributed by atoms with Crippen molar-refractivity contribution in [3.63, 3.8) is 0 Å². The van der Waals surface area contributed by atoms with Crippen molar-refractivity contribution in [1.29, 1.82) is 0 Å². The number of nitrogens with two attached hydrogens (primary N) is 1. The van der Waals surface area contributed by atoms with Gasteiger partial charge in [0.2, 0.25) is 0 Å². The minimum absolute atomic E-state index is 0. The molecule has 0 radical (unpaired) electrons. The Morgan fingerprint density at radius 2 is 1.85 bits per heavy atom. The monoisotopic (exact) mass is 201 g/mol. The van der Waals surface area contributed by atoms with Crippen LogP contribution >= 0.6 is 12.4 Å². The highest BCUT2D eigenvalue weighted by atomic mass is 35.5. The second-order valence-electron chi connectivity index (χ2n) is 3.04. The molecule has 0 saturated heterocycles. The van der Waals surface area contributed by atoms with Gasteiger partial charge in [-0.25, -0.2) is 0 Å². The molecule has 3 heteroatoms. The summed E-state index contributed by atoms with van der Waals surface area (Å²) in [6.07, 6.45) is 1.47. The molecule has 3 N–H and O–H groups in total. The van der Waals surface area contributed by atoms with E-state index in [1.807, 2.05) is 37.3 Å². The summed E-state index contributed by atoms with van der Waals surface area (Å²) in [7, 11) is 0. The summed E-state index contributed by atoms with van der Waals surface area (Å²) < 4.78 is 0. The summed E-state index contributed by atoms with van der Waals surface area (Å²) in [5, 5.41) is 9.76. The lowest BCUT2D eigenvalue weighted by molar-refractivity contribution is 0.0335. The lowest BCUT2D eigenvalue weighted by Gasteiger charge is -2.22. The molecule has 1 atom stereocenters. The smallest absolute Gasteiger partial charge is 0.139 e. The zero-order valence-corrected chi connectivity index (χ0v) is 8.55. The van der Waals surface area contributed by atoms with E-state index in [0.717, 1.165) is 12.0 Å². The van der Waals surface area contributed by atoms with Crippen LogP contribution < -0.4 is 5.73 Å². The molecule has 0 heterocycles. The summed E-state index contributed by atoms with van der Waals surface area (Å²) in [4.78, 5) is 0. The van der Waals surface area contributed by atoms with Crippen LogP contribution in [0.5, 0.6) is 0 Å². The van der Waals surface area contributed by atoms with Crippen molar-refractivity contribution in [3.05, 3.63) is 35.9 Å². The van der Waals surface area contributed by atoms with Crippen LogP contribution in [0.2, 0.25) is 0 Å². The van der Waals surface area contributed by atoms with Gasteiger partial charge >= 0.3 is 0 Å². The lowest BCUT2D eigenvalue weighted by atomic mass is 9.99. The predicted octanol–water partition coefficient (Wildman–Crippen LogP) is 2.01. The van der Waals surface area contributed by atoms with E-state index in [0.29, 0.717) is 6.42 Å². The van der Waals surface area contributed by atoms with E-state index in [4.69, 9.17) is 5.73 Å². The number of halogens is 1. The van der Waals surface area contributed by atoms with E-state index in [9.17, 15) is 5.11 Å². The predicted molar refractivity (Wildman–Crippen MR) is 56.7 cm³/mol. The molecule has 1 rings (SSSR count). The van der Waals surface area contributed by atoms with Crippen molar-refractivity contribution in [1.82, 2.24) is 0 Å². The fourth-order valence-electron chi connectivity index (χ4n) is 1.25. The van der Waals surface area contributed by atoms with Gasteiger partial charge in [-0.15, -0.1) is 12.4 Å². The molecule has 0 bridgehead atoms. The Balaban J connectivity index is 0.00000144. The van der Waals surface area contributed by atoms with Crippen LogP contribution in [0, 0.1) is 0 Å². The van der Waals surface area contributed by atoms with E-state index in [-0.39, 0.29) is 12.4 Å². The minimum atomic E-state index is -1.16. The average molecular weight is 202 g/mol. The molecule has 0 fully saturated rings. The zero-order chi connectivity index (χ0) is 9.03. The Hall–Kier alpha value is -0.570. The molecule has 0 spiro atoms. The largest absolute Gasteiger partial charge is 0.372 e. The van der Waals surface area contributed by atoms with Crippen LogP contribution in [0.25, 0.3) is 0 Å². The van der Waals surface area contributed by atoms with Crippen LogP contribution in [0.3, 0.4) is 0 Å². The highest BCUT2D eigenvalue weighted by Gasteiger charge is 2.21. The van der Waals surface area contributed by atoms with E-state index in [1.165, 1.54) is 0 Å². The van der Waals surface area contributed by atoms with Crippen molar-refractivity contribution in [3.8, 4) is 0 Å². The molecule has 0 aliphatic carbocycles. The maximum Gasteiger partial charge on any atom is 0.139 e. The molecule has 0 aliphatic heterocycles. The third-order valence-electron chi connectivity index (χ3n) is 1.90. The molecule has 13 heavy (non-hydrogen) atoms. The Morgan fingerprint density at radius 1 is 1.31 bits per heavy atom. The standard InChI is InChI=1S/C10H15NO.ClH/c1-2-8-10(11,12)9-6-4-3-5-7-9;/h3-7,12H,2,8,11H2,1H3;1H. The molecule has 1 unspecified atom stereocenters. The maximum absolute atomic E-state index is 9.76. The van der Waals surface area contributed by atoms with Crippen molar-refractivity contribution in [2.75, 3.05) is 0 Å². The van der Waals surface area contributed by atoms with Crippen molar-refractivity contribution < 1.29 is 5.11 Å². The first-order valence-corrected chi connectivity index (χ1v) is 4.23. The van der Waals surface area contributed by atoms with Gasteiger partial charge in [0.05, 0.1) is 0 Å². The molecule has 0 aromatic heterocycles. The highest BCUT2D eigenvalue weighted by molar-refractivity contribution is 5.85. The fourth-order valence-corrected chi connectivity index (χ4v) is 1.25. The number of aliphatic hydroxyl groups is 1. The molecule has 1 aromatic rings. The first kappa shape index (κ1) is 12.4. The quantitative estimate of drug-likeness (QED) is 0.735. The SMILES string of the molecule is CCCC(N)(O)c1ccccc1.Cl. The summed E-state index contributed by atoms with van der Waals surface area (Å²) in [6.45, 7) is 2.00. The van der Waals surface area contributed by atoms with Gasteiger partial charge in [0, 0.05) is 0 Å². The summed E-state index contributed by atoms with van der Waals surface area (Å²) in [6, 6.07) is 9.35. The molecule has 2 nitrogen and oxygen atoms in total. The van der Waals surface area contributed by atoms with E-state index in [2.05, 4.69) is 0 Å². The van der Waals surface area contributed by atoms with Gasteiger partial charge in [-0.2, -0.15) is 0 Å². The Labute approximate surface area is 85.2 Å². The van der Waals surface area contributed by atoms with Crippen LogP contribution in [-0.2, 0) is 5.72 Å². The van der Waals surface area contributed by atoms with Gasteiger partial charge in [-0.05, 0) is 12.0 Å².